The molecule has 0 bridgehead atoms. The van der Waals surface area contributed by atoms with Crippen LogP contribution in [0.2, 0.25) is 0 Å². The predicted molar refractivity (Wildman–Crippen MR) is 52.0 cm³/mol. The van der Waals surface area contributed by atoms with Crippen LogP contribution in [0.4, 0.5) is 0 Å². The van der Waals surface area contributed by atoms with Gasteiger partial charge < -0.3 is 14.6 Å². The Morgan fingerprint density at radius 1 is 1.29 bits per heavy atom. The van der Waals surface area contributed by atoms with Crippen molar-refractivity contribution in [3.05, 3.63) is 42.2 Å². The van der Waals surface area contributed by atoms with E-state index in [1.165, 1.54) is 6.26 Å². The van der Waals surface area contributed by atoms with Crippen LogP contribution < -0.4 is 4.74 Å². The zero-order valence-electron chi connectivity index (χ0n) is 7.88. The van der Waals surface area contributed by atoms with E-state index in [9.17, 15) is 5.11 Å². The van der Waals surface area contributed by atoms with E-state index in [2.05, 4.69) is 0 Å². The SMILES string of the molecule is COc1ccc([C@@H]2OC=C[C@H]2O)cc1. The van der Waals surface area contributed by atoms with Crippen LogP contribution in [-0.2, 0) is 4.74 Å². The van der Waals surface area contributed by atoms with Crippen molar-refractivity contribution in [2.24, 2.45) is 0 Å². The second-order valence-electron chi connectivity index (χ2n) is 3.15. The molecule has 1 aliphatic rings. The molecule has 0 saturated heterocycles. The molecule has 1 aromatic carbocycles. The van der Waals surface area contributed by atoms with E-state index in [-0.39, 0.29) is 6.10 Å². The van der Waals surface area contributed by atoms with Crippen molar-refractivity contribution in [1.29, 1.82) is 0 Å². The summed E-state index contributed by atoms with van der Waals surface area (Å²) in [5, 5.41) is 9.53. The maximum Gasteiger partial charge on any atom is 0.152 e. The zero-order valence-corrected chi connectivity index (χ0v) is 7.88. The highest BCUT2D eigenvalue weighted by molar-refractivity contribution is 5.30. The highest BCUT2D eigenvalue weighted by Gasteiger charge is 2.23. The number of hydrogen-bond donors (Lipinski definition) is 1. The molecule has 0 spiro atoms. The second-order valence-corrected chi connectivity index (χ2v) is 3.15. The third kappa shape index (κ3) is 1.59. The Hall–Kier alpha value is -1.48. The Bertz CT molecular complexity index is 329. The minimum atomic E-state index is -0.552. The first-order valence-corrected chi connectivity index (χ1v) is 4.45. The average Bonchev–Trinajstić information content (AvgIpc) is 2.65. The topological polar surface area (TPSA) is 38.7 Å². The van der Waals surface area contributed by atoms with Crippen molar-refractivity contribution in [3.8, 4) is 5.75 Å². The number of aliphatic hydroxyl groups is 1. The van der Waals surface area contributed by atoms with Gasteiger partial charge in [-0.05, 0) is 23.8 Å². The van der Waals surface area contributed by atoms with Gasteiger partial charge in [-0.1, -0.05) is 12.1 Å². The van der Waals surface area contributed by atoms with E-state index in [0.29, 0.717) is 0 Å². The first-order valence-electron chi connectivity index (χ1n) is 4.45. The van der Waals surface area contributed by atoms with E-state index < -0.39 is 6.10 Å². The van der Waals surface area contributed by atoms with Crippen molar-refractivity contribution in [3.63, 3.8) is 0 Å². The fraction of sp³-hybridized carbons (Fsp3) is 0.273. The number of methoxy groups -OCH3 is 1. The summed E-state index contributed by atoms with van der Waals surface area (Å²) < 4.78 is 10.3. The molecule has 2 rings (SSSR count). The van der Waals surface area contributed by atoms with Crippen LogP contribution in [-0.4, -0.2) is 18.3 Å². The summed E-state index contributed by atoms with van der Waals surface area (Å²) in [7, 11) is 1.62. The van der Waals surface area contributed by atoms with Crippen LogP contribution in [0.1, 0.15) is 11.7 Å². The molecule has 3 heteroatoms. The van der Waals surface area contributed by atoms with Gasteiger partial charge in [-0.2, -0.15) is 0 Å². The van der Waals surface area contributed by atoms with Crippen molar-refractivity contribution >= 4 is 0 Å². The van der Waals surface area contributed by atoms with Gasteiger partial charge in [0.15, 0.2) is 6.10 Å². The van der Waals surface area contributed by atoms with Gasteiger partial charge in [0.25, 0.3) is 0 Å². The molecule has 2 atom stereocenters. The van der Waals surface area contributed by atoms with Gasteiger partial charge in [-0.3, -0.25) is 0 Å². The minimum absolute atomic E-state index is 0.277. The van der Waals surface area contributed by atoms with Gasteiger partial charge in [0.05, 0.1) is 13.4 Å². The molecule has 14 heavy (non-hydrogen) atoms. The molecule has 1 aromatic rings. The Labute approximate surface area is 82.6 Å². The zero-order chi connectivity index (χ0) is 9.97. The molecule has 3 nitrogen and oxygen atoms in total. The molecule has 0 amide bonds. The van der Waals surface area contributed by atoms with Crippen LogP contribution in [0.3, 0.4) is 0 Å². The quantitative estimate of drug-likeness (QED) is 0.774. The molecular weight excluding hydrogens is 180 g/mol. The molecule has 1 N–H and O–H groups in total. The van der Waals surface area contributed by atoms with Crippen LogP contribution in [0.15, 0.2) is 36.6 Å². The van der Waals surface area contributed by atoms with E-state index in [1.807, 2.05) is 24.3 Å². The van der Waals surface area contributed by atoms with Crippen LogP contribution in [0, 0.1) is 0 Å². The van der Waals surface area contributed by atoms with Gasteiger partial charge in [-0.15, -0.1) is 0 Å². The van der Waals surface area contributed by atoms with Crippen LogP contribution >= 0.6 is 0 Å². The fourth-order valence-corrected chi connectivity index (χ4v) is 1.46. The maximum absolute atomic E-state index is 9.53. The van der Waals surface area contributed by atoms with Gasteiger partial charge >= 0.3 is 0 Å². The standard InChI is InChI=1S/C11H12O3/c1-13-9-4-2-8(3-5-9)11-10(12)6-7-14-11/h2-7,10-12H,1H3/t10-,11+/m1/s1. The summed E-state index contributed by atoms with van der Waals surface area (Å²) in [6.07, 6.45) is 2.33. The first kappa shape index (κ1) is 9.09. The molecule has 0 aromatic heterocycles. The smallest absolute Gasteiger partial charge is 0.152 e. The Morgan fingerprint density at radius 3 is 2.50 bits per heavy atom. The third-order valence-corrected chi connectivity index (χ3v) is 2.26. The van der Waals surface area contributed by atoms with Crippen molar-refractivity contribution in [1.82, 2.24) is 0 Å². The lowest BCUT2D eigenvalue weighted by Crippen LogP contribution is -2.12. The molecule has 0 unspecified atom stereocenters. The van der Waals surface area contributed by atoms with E-state index in [0.717, 1.165) is 11.3 Å². The van der Waals surface area contributed by atoms with Crippen molar-refractivity contribution in [2.75, 3.05) is 7.11 Å². The lowest BCUT2D eigenvalue weighted by molar-refractivity contribution is 0.0633. The van der Waals surface area contributed by atoms with Crippen molar-refractivity contribution in [2.45, 2.75) is 12.2 Å². The lowest BCUT2D eigenvalue weighted by Gasteiger charge is -2.14. The van der Waals surface area contributed by atoms with Gasteiger partial charge in [0.1, 0.15) is 11.9 Å². The third-order valence-electron chi connectivity index (χ3n) is 2.26. The van der Waals surface area contributed by atoms with E-state index >= 15 is 0 Å². The monoisotopic (exact) mass is 192 g/mol. The number of rotatable bonds is 2. The molecule has 74 valence electrons. The minimum Gasteiger partial charge on any atom is -0.497 e. The molecule has 1 heterocycles. The molecular formula is C11H12O3. The maximum atomic E-state index is 9.53. The molecule has 0 radical (unpaired) electrons. The Morgan fingerprint density at radius 2 is 2.00 bits per heavy atom. The Balaban J connectivity index is 2.17. The van der Waals surface area contributed by atoms with E-state index in [1.54, 1.807) is 13.2 Å². The summed E-state index contributed by atoms with van der Waals surface area (Å²) >= 11 is 0. The van der Waals surface area contributed by atoms with E-state index in [4.69, 9.17) is 9.47 Å². The average molecular weight is 192 g/mol. The highest BCUT2D eigenvalue weighted by Crippen LogP contribution is 2.28. The molecule has 0 aliphatic carbocycles. The normalized spacial score (nSPS) is 24.7. The number of benzene rings is 1. The first-order chi connectivity index (χ1) is 6.81. The van der Waals surface area contributed by atoms with Gasteiger partial charge in [0, 0.05) is 0 Å². The highest BCUT2D eigenvalue weighted by atomic mass is 16.5. The predicted octanol–water partition coefficient (Wildman–Crippen LogP) is 1.64. The van der Waals surface area contributed by atoms with Crippen molar-refractivity contribution < 1.29 is 14.6 Å². The molecule has 0 fully saturated rings. The Kier molecular flexibility index (Phi) is 2.41. The summed E-state index contributed by atoms with van der Waals surface area (Å²) in [4.78, 5) is 0. The van der Waals surface area contributed by atoms with Crippen LogP contribution in [0.5, 0.6) is 5.75 Å². The molecule has 1 aliphatic heterocycles. The fourth-order valence-electron chi connectivity index (χ4n) is 1.46. The number of hydrogen-bond acceptors (Lipinski definition) is 3. The lowest BCUT2D eigenvalue weighted by atomic mass is 10.1. The number of ether oxygens (including phenoxy) is 2. The summed E-state index contributed by atoms with van der Waals surface area (Å²) in [5.74, 6) is 0.800. The summed E-state index contributed by atoms with van der Waals surface area (Å²) in [6.45, 7) is 0. The molecule has 0 saturated carbocycles. The van der Waals surface area contributed by atoms with Gasteiger partial charge in [0.2, 0.25) is 0 Å². The summed E-state index contributed by atoms with van der Waals surface area (Å²) in [6, 6.07) is 7.48. The second kappa shape index (κ2) is 3.72. The number of aliphatic hydroxyl groups excluding tert-OH is 1. The largest absolute Gasteiger partial charge is 0.497 e. The summed E-state index contributed by atoms with van der Waals surface area (Å²) in [5.41, 5.74) is 0.948. The van der Waals surface area contributed by atoms with Crippen LogP contribution in [0.25, 0.3) is 0 Å². The van der Waals surface area contributed by atoms with Gasteiger partial charge in [-0.25, -0.2) is 0 Å².